The summed E-state index contributed by atoms with van der Waals surface area (Å²) in [4.78, 5) is 21.1. The molecule has 5 heteroatoms. The molecule has 1 aliphatic heterocycles. The van der Waals surface area contributed by atoms with Gasteiger partial charge in [-0.1, -0.05) is 12.1 Å². The Morgan fingerprint density at radius 1 is 1.33 bits per heavy atom. The van der Waals surface area contributed by atoms with Crippen LogP contribution in [0.1, 0.15) is 15.9 Å². The van der Waals surface area contributed by atoms with Crippen molar-refractivity contribution in [3.05, 3.63) is 41.0 Å². The van der Waals surface area contributed by atoms with Crippen molar-refractivity contribution in [2.75, 3.05) is 13.1 Å². The van der Waals surface area contributed by atoms with Gasteiger partial charge in [-0.3, -0.25) is 14.8 Å². The van der Waals surface area contributed by atoms with Crippen LogP contribution in [0.4, 0.5) is 0 Å². The molecule has 0 aliphatic carbocycles. The Labute approximate surface area is 108 Å². The molecule has 3 rings (SSSR count). The van der Waals surface area contributed by atoms with Crippen molar-refractivity contribution >= 4 is 22.8 Å². The molecule has 1 aliphatic rings. The van der Waals surface area contributed by atoms with Gasteiger partial charge in [-0.25, -0.2) is 0 Å². The average molecular weight is 257 g/mol. The van der Waals surface area contributed by atoms with Crippen LogP contribution in [0.15, 0.2) is 34.9 Å². The Morgan fingerprint density at radius 2 is 2.22 bits per heavy atom. The lowest BCUT2D eigenvalue weighted by atomic mass is 9.94. The number of hydrogen-bond acceptors (Lipinski definition) is 5. The van der Waals surface area contributed by atoms with Crippen molar-refractivity contribution in [3.63, 3.8) is 0 Å². The molecule has 0 spiro atoms. The number of Topliss-reactive ketones (excluding diaryl/α,β-unsaturated/α-hetero) is 1. The first kappa shape index (κ1) is 11.3. The van der Waals surface area contributed by atoms with Gasteiger partial charge >= 0.3 is 0 Å². The molecule has 0 saturated heterocycles. The fourth-order valence-electron chi connectivity index (χ4n) is 2.05. The summed E-state index contributed by atoms with van der Waals surface area (Å²) in [5.74, 6) is 0.0538. The highest BCUT2D eigenvalue weighted by Crippen LogP contribution is 2.27. The zero-order valence-corrected chi connectivity index (χ0v) is 10.4. The maximum atomic E-state index is 11.8. The number of nitrogens with two attached hydrogens (primary N) is 1. The first-order valence-corrected chi connectivity index (χ1v) is 6.47. The molecule has 0 amide bonds. The van der Waals surface area contributed by atoms with Crippen LogP contribution in [0, 0.1) is 0 Å². The van der Waals surface area contributed by atoms with Gasteiger partial charge in [0.1, 0.15) is 6.54 Å². The molecule has 0 radical (unpaired) electrons. The highest BCUT2D eigenvalue weighted by Gasteiger charge is 2.20. The first-order chi connectivity index (χ1) is 8.79. The van der Waals surface area contributed by atoms with E-state index in [1.165, 1.54) is 0 Å². The molecule has 2 aromatic rings. The van der Waals surface area contributed by atoms with Crippen molar-refractivity contribution in [3.8, 4) is 10.4 Å². The zero-order chi connectivity index (χ0) is 12.5. The largest absolute Gasteiger partial charge is 0.325 e. The van der Waals surface area contributed by atoms with Gasteiger partial charge in [-0.15, -0.1) is 11.3 Å². The predicted octanol–water partition coefficient (Wildman–Crippen LogP) is 1.75. The van der Waals surface area contributed by atoms with Crippen LogP contribution in [-0.4, -0.2) is 29.6 Å². The average Bonchev–Trinajstić information content (AvgIpc) is 2.93. The Kier molecular flexibility index (Phi) is 2.77. The molecule has 0 fully saturated rings. The van der Waals surface area contributed by atoms with E-state index in [1.54, 1.807) is 16.8 Å². The lowest BCUT2D eigenvalue weighted by molar-refractivity contribution is 0.1000. The van der Waals surface area contributed by atoms with Crippen molar-refractivity contribution in [1.82, 2.24) is 4.98 Å². The van der Waals surface area contributed by atoms with Crippen LogP contribution in [0.2, 0.25) is 0 Å². The molecule has 2 N–H and O–H groups in total. The summed E-state index contributed by atoms with van der Waals surface area (Å²) in [7, 11) is 0. The van der Waals surface area contributed by atoms with Crippen LogP contribution >= 0.6 is 11.3 Å². The van der Waals surface area contributed by atoms with Crippen LogP contribution in [-0.2, 0) is 0 Å². The van der Waals surface area contributed by atoms with Gasteiger partial charge in [0.15, 0.2) is 5.78 Å². The second kappa shape index (κ2) is 4.44. The third-order valence-electron chi connectivity index (χ3n) is 2.95. The third kappa shape index (κ3) is 1.77. The summed E-state index contributed by atoms with van der Waals surface area (Å²) in [5.41, 5.74) is 10.9. The number of rotatable bonds is 2. The van der Waals surface area contributed by atoms with E-state index in [0.29, 0.717) is 6.54 Å². The molecular formula is C13H11N3OS. The van der Waals surface area contributed by atoms with Crippen molar-refractivity contribution < 1.29 is 4.79 Å². The SMILES string of the molecule is NCC1=NCC(=O)c2ccc(-c3cncs3)cc21. The van der Waals surface area contributed by atoms with E-state index in [-0.39, 0.29) is 12.3 Å². The topological polar surface area (TPSA) is 68.3 Å². The molecule has 2 heterocycles. The van der Waals surface area contributed by atoms with Gasteiger partial charge in [-0.2, -0.15) is 0 Å². The van der Waals surface area contributed by atoms with Gasteiger partial charge in [-0.05, 0) is 11.6 Å². The Hall–Kier alpha value is -1.85. The van der Waals surface area contributed by atoms with Crippen molar-refractivity contribution in [2.45, 2.75) is 0 Å². The molecular weight excluding hydrogens is 246 g/mol. The molecule has 0 unspecified atom stereocenters. The smallest absolute Gasteiger partial charge is 0.184 e. The molecule has 0 bridgehead atoms. The van der Waals surface area contributed by atoms with E-state index in [0.717, 1.165) is 27.3 Å². The first-order valence-electron chi connectivity index (χ1n) is 5.59. The van der Waals surface area contributed by atoms with Gasteiger partial charge in [0.2, 0.25) is 0 Å². The second-order valence-corrected chi connectivity index (χ2v) is 4.90. The summed E-state index contributed by atoms with van der Waals surface area (Å²) in [6.45, 7) is 0.561. The third-order valence-corrected chi connectivity index (χ3v) is 3.78. The van der Waals surface area contributed by atoms with Crippen LogP contribution < -0.4 is 5.73 Å². The van der Waals surface area contributed by atoms with Crippen LogP contribution in [0.5, 0.6) is 0 Å². The van der Waals surface area contributed by atoms with Crippen LogP contribution in [0.3, 0.4) is 0 Å². The summed E-state index contributed by atoms with van der Waals surface area (Å²) in [5, 5.41) is 0. The summed E-state index contributed by atoms with van der Waals surface area (Å²) in [6.07, 6.45) is 1.82. The van der Waals surface area contributed by atoms with E-state index in [2.05, 4.69) is 9.98 Å². The van der Waals surface area contributed by atoms with Crippen molar-refractivity contribution in [1.29, 1.82) is 0 Å². The number of thiazole rings is 1. The van der Waals surface area contributed by atoms with Crippen LogP contribution in [0.25, 0.3) is 10.4 Å². The number of carbonyl (C=O) groups is 1. The number of carbonyl (C=O) groups excluding carboxylic acids is 1. The molecule has 1 aromatic heterocycles. The monoisotopic (exact) mass is 257 g/mol. The minimum atomic E-state index is 0.0538. The van der Waals surface area contributed by atoms with E-state index >= 15 is 0 Å². The number of aromatic nitrogens is 1. The lowest BCUT2D eigenvalue weighted by Gasteiger charge is -2.15. The lowest BCUT2D eigenvalue weighted by Crippen LogP contribution is -2.24. The fraction of sp³-hybridized carbons (Fsp3) is 0.154. The molecule has 4 nitrogen and oxygen atoms in total. The van der Waals surface area contributed by atoms with E-state index < -0.39 is 0 Å². The Balaban J connectivity index is 2.15. The molecule has 0 atom stereocenters. The predicted molar refractivity (Wildman–Crippen MR) is 72.3 cm³/mol. The number of hydrogen-bond donors (Lipinski definition) is 1. The maximum absolute atomic E-state index is 11.8. The quantitative estimate of drug-likeness (QED) is 0.891. The Bertz CT molecular complexity index is 632. The number of fused-ring (bicyclic) bond motifs is 1. The highest BCUT2D eigenvalue weighted by atomic mass is 32.1. The second-order valence-electron chi connectivity index (χ2n) is 4.02. The minimum absolute atomic E-state index is 0.0538. The standard InChI is InChI=1S/C13H11N3OS/c14-4-11-10-3-8(13-6-15-7-18-13)1-2-9(10)12(17)5-16-11/h1-3,6-7H,4-5,14H2. The number of nitrogens with zero attached hydrogens (tertiary/aromatic N) is 2. The maximum Gasteiger partial charge on any atom is 0.184 e. The summed E-state index contributed by atoms with van der Waals surface area (Å²) in [6, 6.07) is 5.78. The number of benzene rings is 1. The van der Waals surface area contributed by atoms with Gasteiger partial charge in [0, 0.05) is 23.9 Å². The zero-order valence-electron chi connectivity index (χ0n) is 9.59. The fourth-order valence-corrected chi connectivity index (χ4v) is 2.67. The van der Waals surface area contributed by atoms with Gasteiger partial charge in [0.25, 0.3) is 0 Å². The van der Waals surface area contributed by atoms with E-state index in [4.69, 9.17) is 5.73 Å². The van der Waals surface area contributed by atoms with Gasteiger partial charge < -0.3 is 5.73 Å². The minimum Gasteiger partial charge on any atom is -0.325 e. The summed E-state index contributed by atoms with van der Waals surface area (Å²) >= 11 is 1.57. The molecule has 18 heavy (non-hydrogen) atoms. The highest BCUT2D eigenvalue weighted by molar-refractivity contribution is 7.13. The number of aliphatic imine (C=N–C) groups is 1. The number of ketones is 1. The Morgan fingerprint density at radius 3 is 2.94 bits per heavy atom. The van der Waals surface area contributed by atoms with Gasteiger partial charge in [0.05, 0.1) is 16.1 Å². The molecule has 90 valence electrons. The van der Waals surface area contributed by atoms with E-state index in [1.807, 2.05) is 24.4 Å². The van der Waals surface area contributed by atoms with E-state index in [9.17, 15) is 4.79 Å². The molecule has 1 aromatic carbocycles. The summed E-state index contributed by atoms with van der Waals surface area (Å²) < 4.78 is 0. The molecule has 0 saturated carbocycles. The normalized spacial score (nSPS) is 14.3. The van der Waals surface area contributed by atoms with Crippen molar-refractivity contribution in [2.24, 2.45) is 10.7 Å².